The molecule has 0 fully saturated rings. The summed E-state index contributed by atoms with van der Waals surface area (Å²) in [5.74, 6) is 0.0539. The van der Waals surface area contributed by atoms with Crippen LogP contribution >= 0.6 is 0 Å². The van der Waals surface area contributed by atoms with E-state index in [0.29, 0.717) is 28.3 Å². The van der Waals surface area contributed by atoms with Crippen LogP contribution in [0, 0.1) is 0 Å². The predicted molar refractivity (Wildman–Crippen MR) is 134 cm³/mol. The molecule has 6 heteroatoms. The van der Waals surface area contributed by atoms with Gasteiger partial charge in [-0.15, -0.1) is 0 Å². The average molecular weight is 457 g/mol. The smallest absolute Gasteiger partial charge is 0.282 e. The molecule has 6 nitrogen and oxygen atoms in total. The largest absolute Gasteiger partial charge is 0.497 e. The molecule has 1 N–H and O–H groups in total. The van der Waals surface area contributed by atoms with Crippen LogP contribution in [-0.2, 0) is 15.0 Å². The monoisotopic (exact) mass is 456 g/mol. The Morgan fingerprint density at radius 3 is 2.06 bits per heavy atom. The molecule has 0 saturated carbocycles. The molecule has 3 aromatic carbocycles. The van der Waals surface area contributed by atoms with E-state index in [9.17, 15) is 9.59 Å². The molecular weight excluding hydrogens is 428 g/mol. The Morgan fingerprint density at radius 1 is 0.794 bits per heavy atom. The second-order valence-corrected chi connectivity index (χ2v) is 9.05. The van der Waals surface area contributed by atoms with Gasteiger partial charge in [0.25, 0.3) is 11.8 Å². The van der Waals surface area contributed by atoms with E-state index < -0.39 is 11.8 Å². The highest BCUT2D eigenvalue weighted by atomic mass is 16.5. The second-order valence-electron chi connectivity index (χ2n) is 9.05. The lowest BCUT2D eigenvalue weighted by Gasteiger charge is -2.20. The first-order valence-corrected chi connectivity index (χ1v) is 11.0. The van der Waals surface area contributed by atoms with Crippen LogP contribution in [0.1, 0.15) is 31.9 Å². The quantitative estimate of drug-likeness (QED) is 0.503. The lowest BCUT2D eigenvalue weighted by atomic mass is 9.87. The summed E-state index contributed by atoms with van der Waals surface area (Å²) in [4.78, 5) is 28.4. The predicted octanol–water partition coefficient (Wildman–Crippen LogP) is 5.40. The van der Waals surface area contributed by atoms with E-state index >= 15 is 0 Å². The van der Waals surface area contributed by atoms with Crippen LogP contribution in [0.15, 0.2) is 78.5 Å². The van der Waals surface area contributed by atoms with Gasteiger partial charge in [-0.3, -0.25) is 9.59 Å². The number of carbonyl (C=O) groups excluding carboxylic acids is 2. The van der Waals surface area contributed by atoms with Gasteiger partial charge >= 0.3 is 0 Å². The number of nitrogens with zero attached hydrogens (tertiary/aromatic N) is 1. The number of hydrogen-bond donors (Lipinski definition) is 1. The van der Waals surface area contributed by atoms with Gasteiger partial charge in [-0.25, -0.2) is 4.90 Å². The first-order chi connectivity index (χ1) is 16.2. The first kappa shape index (κ1) is 23.1. The Kier molecular flexibility index (Phi) is 6.16. The van der Waals surface area contributed by atoms with Gasteiger partial charge in [0.2, 0.25) is 0 Å². The molecule has 3 aromatic rings. The molecule has 4 rings (SSSR count). The zero-order valence-electron chi connectivity index (χ0n) is 20.0. The summed E-state index contributed by atoms with van der Waals surface area (Å²) in [5, 5.41) is 3.21. The highest BCUT2D eigenvalue weighted by Gasteiger charge is 2.41. The van der Waals surface area contributed by atoms with Crippen LogP contribution in [0.3, 0.4) is 0 Å². The van der Waals surface area contributed by atoms with Gasteiger partial charge in [-0.1, -0.05) is 63.2 Å². The third-order valence-electron chi connectivity index (χ3n) is 5.79. The number of carbonyl (C=O) groups is 2. The summed E-state index contributed by atoms with van der Waals surface area (Å²) in [6.45, 7) is 6.43. The Hall–Kier alpha value is -4.06. The van der Waals surface area contributed by atoms with E-state index in [1.807, 2.05) is 54.6 Å². The normalized spacial score (nSPS) is 14.0. The molecule has 2 amide bonds. The van der Waals surface area contributed by atoms with Gasteiger partial charge in [0.1, 0.15) is 17.2 Å². The Morgan fingerprint density at radius 2 is 1.47 bits per heavy atom. The molecule has 0 radical (unpaired) electrons. The van der Waals surface area contributed by atoms with Crippen molar-refractivity contribution in [3.8, 4) is 11.5 Å². The van der Waals surface area contributed by atoms with Crippen molar-refractivity contribution in [1.29, 1.82) is 0 Å². The van der Waals surface area contributed by atoms with Crippen molar-refractivity contribution in [2.24, 2.45) is 0 Å². The standard InChI is InChI=1S/C28H28N2O4/c1-28(2,3)19-11-13-20(14-12-19)29-25-24(18-9-7-6-8-10-18)26(31)30(27(25)32)22-16-15-21(33-4)17-23(22)34-5/h6-17,29H,1-5H3. The molecule has 0 unspecified atom stereocenters. The maximum atomic E-state index is 13.7. The van der Waals surface area contributed by atoms with Crippen LogP contribution in [0.5, 0.6) is 11.5 Å². The Bertz CT molecular complexity index is 1260. The topological polar surface area (TPSA) is 67.9 Å². The van der Waals surface area contributed by atoms with Crippen molar-refractivity contribution in [2.45, 2.75) is 26.2 Å². The summed E-state index contributed by atoms with van der Waals surface area (Å²) in [6, 6.07) is 22.1. The number of methoxy groups -OCH3 is 2. The molecule has 1 aliphatic heterocycles. The molecular formula is C28H28N2O4. The number of benzene rings is 3. The second kappa shape index (κ2) is 9.06. The van der Waals surface area contributed by atoms with Gasteiger partial charge in [0.15, 0.2) is 0 Å². The minimum absolute atomic E-state index is 0.00780. The van der Waals surface area contributed by atoms with Crippen molar-refractivity contribution >= 4 is 28.8 Å². The Balaban J connectivity index is 1.78. The molecule has 34 heavy (non-hydrogen) atoms. The minimum atomic E-state index is -0.452. The third kappa shape index (κ3) is 4.27. The summed E-state index contributed by atoms with van der Waals surface area (Å²) in [6.07, 6.45) is 0. The number of imide groups is 1. The van der Waals surface area contributed by atoms with E-state index in [4.69, 9.17) is 9.47 Å². The molecule has 174 valence electrons. The highest BCUT2D eigenvalue weighted by molar-refractivity contribution is 6.46. The lowest BCUT2D eigenvalue weighted by molar-refractivity contribution is -0.120. The lowest BCUT2D eigenvalue weighted by Crippen LogP contribution is -2.32. The molecule has 0 spiro atoms. The van der Waals surface area contributed by atoms with Crippen molar-refractivity contribution < 1.29 is 19.1 Å². The van der Waals surface area contributed by atoms with E-state index in [1.54, 1.807) is 25.3 Å². The number of nitrogens with one attached hydrogen (secondary N) is 1. The average Bonchev–Trinajstić information content (AvgIpc) is 3.08. The molecule has 0 aromatic heterocycles. The van der Waals surface area contributed by atoms with Crippen molar-refractivity contribution in [2.75, 3.05) is 24.4 Å². The minimum Gasteiger partial charge on any atom is -0.497 e. The molecule has 0 bridgehead atoms. The Labute approximate surface area is 199 Å². The van der Waals surface area contributed by atoms with Gasteiger partial charge < -0.3 is 14.8 Å². The number of hydrogen-bond acceptors (Lipinski definition) is 5. The van der Waals surface area contributed by atoms with Crippen LogP contribution in [0.2, 0.25) is 0 Å². The summed E-state index contributed by atoms with van der Waals surface area (Å²) < 4.78 is 10.7. The van der Waals surface area contributed by atoms with Gasteiger partial charge in [0, 0.05) is 11.8 Å². The molecule has 0 saturated heterocycles. The SMILES string of the molecule is COc1ccc(N2C(=O)C(Nc3ccc(C(C)(C)C)cc3)=C(c3ccccc3)C2=O)c(OC)c1. The summed E-state index contributed by atoms with van der Waals surface area (Å²) >= 11 is 0. The van der Waals surface area contributed by atoms with Crippen LogP contribution in [0.25, 0.3) is 5.57 Å². The van der Waals surface area contributed by atoms with E-state index in [0.717, 1.165) is 10.6 Å². The number of amides is 2. The van der Waals surface area contributed by atoms with Gasteiger partial charge in [0.05, 0.1) is 25.5 Å². The molecule has 1 aliphatic rings. The maximum Gasteiger partial charge on any atom is 0.282 e. The van der Waals surface area contributed by atoms with Crippen molar-refractivity contribution in [3.63, 3.8) is 0 Å². The van der Waals surface area contributed by atoms with Crippen molar-refractivity contribution in [3.05, 3.63) is 89.6 Å². The first-order valence-electron chi connectivity index (χ1n) is 11.0. The zero-order chi connectivity index (χ0) is 24.5. The van der Waals surface area contributed by atoms with Crippen LogP contribution in [0.4, 0.5) is 11.4 Å². The molecule has 0 atom stereocenters. The number of ether oxygens (including phenoxy) is 2. The summed E-state index contributed by atoms with van der Waals surface area (Å²) in [7, 11) is 3.04. The fourth-order valence-electron chi connectivity index (χ4n) is 3.90. The fourth-order valence-corrected chi connectivity index (χ4v) is 3.90. The van der Waals surface area contributed by atoms with E-state index in [2.05, 4.69) is 26.1 Å². The van der Waals surface area contributed by atoms with E-state index in [-0.39, 0.29) is 11.1 Å². The molecule has 1 heterocycles. The fraction of sp³-hybridized carbons (Fsp3) is 0.214. The van der Waals surface area contributed by atoms with Crippen molar-refractivity contribution in [1.82, 2.24) is 0 Å². The van der Waals surface area contributed by atoms with E-state index in [1.165, 1.54) is 12.7 Å². The van der Waals surface area contributed by atoms with Crippen LogP contribution in [-0.4, -0.2) is 26.0 Å². The highest BCUT2D eigenvalue weighted by Crippen LogP contribution is 2.39. The maximum absolute atomic E-state index is 13.7. The number of rotatable bonds is 6. The zero-order valence-corrected chi connectivity index (χ0v) is 20.0. The number of anilines is 2. The third-order valence-corrected chi connectivity index (χ3v) is 5.79. The summed E-state index contributed by atoms with van der Waals surface area (Å²) in [5.41, 5.74) is 3.44. The van der Waals surface area contributed by atoms with Gasteiger partial charge in [-0.2, -0.15) is 0 Å². The molecule has 0 aliphatic carbocycles. The van der Waals surface area contributed by atoms with Crippen LogP contribution < -0.4 is 19.7 Å². The van der Waals surface area contributed by atoms with Gasteiger partial charge in [-0.05, 0) is 40.8 Å².